The second-order valence-corrected chi connectivity index (χ2v) is 6.87. The van der Waals surface area contributed by atoms with E-state index in [4.69, 9.17) is 0 Å². The summed E-state index contributed by atoms with van der Waals surface area (Å²) < 4.78 is 0. The van der Waals surface area contributed by atoms with Crippen LogP contribution in [0.15, 0.2) is 36.7 Å². The van der Waals surface area contributed by atoms with Crippen molar-refractivity contribution in [3.8, 4) is 0 Å². The van der Waals surface area contributed by atoms with E-state index in [0.29, 0.717) is 0 Å². The van der Waals surface area contributed by atoms with Gasteiger partial charge in [-0.15, -0.1) is 0 Å². The van der Waals surface area contributed by atoms with Crippen LogP contribution in [-0.4, -0.2) is 11.8 Å². The summed E-state index contributed by atoms with van der Waals surface area (Å²) in [5, 5.41) is 9.76. The van der Waals surface area contributed by atoms with E-state index in [-0.39, 0.29) is 6.61 Å². The molecule has 0 aliphatic carbocycles. The molecule has 3 heteroatoms. The predicted molar refractivity (Wildman–Crippen MR) is 101 cm³/mol. The normalized spacial score (nSPS) is 13.9. The summed E-state index contributed by atoms with van der Waals surface area (Å²) in [7, 11) is 0. The molecule has 2 aromatic carbocycles. The van der Waals surface area contributed by atoms with Gasteiger partial charge in [-0.1, -0.05) is 35.4 Å². The van der Waals surface area contributed by atoms with Gasteiger partial charge in [0.05, 0.1) is 19.0 Å². The molecule has 2 aromatic rings. The second kappa shape index (κ2) is 6.33. The van der Waals surface area contributed by atoms with Gasteiger partial charge in [-0.3, -0.25) is 0 Å². The van der Waals surface area contributed by atoms with Crippen LogP contribution in [0.1, 0.15) is 33.4 Å². The maximum atomic E-state index is 9.76. The molecule has 1 N–H and O–H groups in total. The molecule has 1 aliphatic rings. The molecule has 0 bridgehead atoms. The van der Waals surface area contributed by atoms with Crippen molar-refractivity contribution >= 4 is 11.4 Å². The summed E-state index contributed by atoms with van der Waals surface area (Å²) in [6, 6.07) is 8.71. The highest BCUT2D eigenvalue weighted by Gasteiger charge is 2.21. The molecule has 1 aliphatic heterocycles. The van der Waals surface area contributed by atoms with Gasteiger partial charge in [-0.2, -0.15) is 0 Å². The average Bonchev–Trinajstić information content (AvgIpc) is 2.94. The summed E-state index contributed by atoms with van der Waals surface area (Å²) >= 11 is 0. The molecule has 0 fully saturated rings. The lowest BCUT2D eigenvalue weighted by molar-refractivity contribution is 0.282. The molecule has 1 heterocycles. The Hall–Kier alpha value is -2.26. The highest BCUT2D eigenvalue weighted by molar-refractivity contribution is 5.69. The van der Waals surface area contributed by atoms with Gasteiger partial charge < -0.3 is 14.9 Å². The summed E-state index contributed by atoms with van der Waals surface area (Å²) in [6.45, 7) is 11.5. The largest absolute Gasteiger partial charge is 0.392 e. The van der Waals surface area contributed by atoms with E-state index in [0.717, 1.165) is 17.9 Å². The number of aliphatic hydroxyl groups is 1. The van der Waals surface area contributed by atoms with Crippen molar-refractivity contribution in [3.05, 3.63) is 70.0 Å². The van der Waals surface area contributed by atoms with Crippen LogP contribution >= 0.6 is 0 Å². The third kappa shape index (κ3) is 2.92. The van der Waals surface area contributed by atoms with Gasteiger partial charge in [-0.05, 0) is 51.3 Å². The number of hydrogen-bond donors (Lipinski definition) is 1. The van der Waals surface area contributed by atoms with E-state index in [9.17, 15) is 5.11 Å². The number of aliphatic hydroxyl groups excluding tert-OH is 1. The molecule has 0 atom stereocenters. The molecule has 0 spiro atoms. The molecule has 0 aromatic heterocycles. The fraction of sp³-hybridized carbons (Fsp3) is 0.333. The molecule has 0 amide bonds. The van der Waals surface area contributed by atoms with Crippen LogP contribution in [0.3, 0.4) is 0 Å². The van der Waals surface area contributed by atoms with E-state index in [1.807, 2.05) is 0 Å². The van der Waals surface area contributed by atoms with Gasteiger partial charge in [0.2, 0.25) is 0 Å². The van der Waals surface area contributed by atoms with Crippen molar-refractivity contribution in [2.24, 2.45) is 0 Å². The van der Waals surface area contributed by atoms with Crippen LogP contribution in [0, 0.1) is 34.6 Å². The van der Waals surface area contributed by atoms with Crippen LogP contribution in [0.2, 0.25) is 0 Å². The van der Waals surface area contributed by atoms with Gasteiger partial charge >= 0.3 is 0 Å². The number of aryl methyl sites for hydroxylation is 5. The van der Waals surface area contributed by atoms with E-state index >= 15 is 0 Å². The third-order valence-electron chi connectivity index (χ3n) is 4.64. The van der Waals surface area contributed by atoms with Crippen LogP contribution in [0.4, 0.5) is 11.4 Å². The average molecular weight is 322 g/mol. The smallest absolute Gasteiger partial charge is 0.0989 e. The summed E-state index contributed by atoms with van der Waals surface area (Å²) in [5.74, 6) is 0. The molecule has 0 unspecified atom stereocenters. The maximum Gasteiger partial charge on any atom is 0.0989 e. The lowest BCUT2D eigenvalue weighted by Gasteiger charge is -2.27. The first-order valence-electron chi connectivity index (χ1n) is 8.41. The molecule has 24 heavy (non-hydrogen) atoms. The van der Waals surface area contributed by atoms with E-state index < -0.39 is 0 Å². The summed E-state index contributed by atoms with van der Waals surface area (Å²) in [5.41, 5.74) is 9.64. The molecular formula is C21H26N2O. The minimum atomic E-state index is 0.0603. The van der Waals surface area contributed by atoms with Crippen molar-refractivity contribution in [3.63, 3.8) is 0 Å². The van der Waals surface area contributed by atoms with Crippen molar-refractivity contribution < 1.29 is 5.11 Å². The van der Waals surface area contributed by atoms with Crippen molar-refractivity contribution in [1.82, 2.24) is 0 Å². The van der Waals surface area contributed by atoms with E-state index in [2.05, 4.69) is 81.1 Å². The number of hydrogen-bond acceptors (Lipinski definition) is 3. The monoisotopic (exact) mass is 322 g/mol. The highest BCUT2D eigenvalue weighted by atomic mass is 16.3. The Balaban J connectivity index is 1.94. The Morgan fingerprint density at radius 2 is 1.21 bits per heavy atom. The van der Waals surface area contributed by atoms with Gasteiger partial charge in [0, 0.05) is 23.7 Å². The summed E-state index contributed by atoms with van der Waals surface area (Å²) in [6.07, 6.45) is 4.24. The van der Waals surface area contributed by atoms with Crippen molar-refractivity contribution in [2.45, 2.75) is 41.2 Å². The number of anilines is 2. The zero-order valence-electron chi connectivity index (χ0n) is 15.2. The second-order valence-electron chi connectivity index (χ2n) is 6.87. The zero-order chi connectivity index (χ0) is 17.4. The first-order chi connectivity index (χ1) is 11.4. The predicted octanol–water partition coefficient (Wildman–Crippen LogP) is 4.48. The Labute approximate surface area is 144 Å². The minimum Gasteiger partial charge on any atom is -0.392 e. The number of benzene rings is 2. The Morgan fingerprint density at radius 1 is 0.750 bits per heavy atom. The van der Waals surface area contributed by atoms with Crippen LogP contribution in [-0.2, 0) is 6.61 Å². The fourth-order valence-corrected chi connectivity index (χ4v) is 3.91. The Bertz CT molecular complexity index is 785. The maximum absolute atomic E-state index is 9.76. The van der Waals surface area contributed by atoms with Crippen LogP contribution < -0.4 is 9.80 Å². The number of nitrogens with zero attached hydrogens (tertiary/aromatic N) is 2. The lowest BCUT2D eigenvalue weighted by atomic mass is 10.0. The van der Waals surface area contributed by atoms with Gasteiger partial charge in [-0.25, -0.2) is 0 Å². The quantitative estimate of drug-likeness (QED) is 0.903. The highest BCUT2D eigenvalue weighted by Crippen LogP contribution is 2.33. The molecule has 3 rings (SSSR count). The van der Waals surface area contributed by atoms with Crippen LogP contribution in [0.25, 0.3) is 0 Å². The van der Waals surface area contributed by atoms with Crippen molar-refractivity contribution in [2.75, 3.05) is 16.5 Å². The minimum absolute atomic E-state index is 0.0603. The van der Waals surface area contributed by atoms with E-state index in [1.165, 1.54) is 33.5 Å². The molecule has 3 nitrogen and oxygen atoms in total. The van der Waals surface area contributed by atoms with E-state index in [1.54, 1.807) is 0 Å². The molecular weight excluding hydrogens is 296 g/mol. The van der Waals surface area contributed by atoms with Crippen molar-refractivity contribution in [1.29, 1.82) is 0 Å². The molecule has 126 valence electrons. The molecule has 0 saturated heterocycles. The SMILES string of the molecule is Cc1cc(C)c(N2C=CN(c3c(C)cc(C)cc3CO)C2)c(C)c1. The lowest BCUT2D eigenvalue weighted by Crippen LogP contribution is -2.27. The first-order valence-corrected chi connectivity index (χ1v) is 8.41. The van der Waals surface area contributed by atoms with Crippen LogP contribution in [0.5, 0.6) is 0 Å². The topological polar surface area (TPSA) is 26.7 Å². The fourth-order valence-electron chi connectivity index (χ4n) is 3.91. The van der Waals surface area contributed by atoms with Gasteiger partial charge in [0.1, 0.15) is 0 Å². The molecule has 0 saturated carbocycles. The Morgan fingerprint density at radius 3 is 1.75 bits per heavy atom. The third-order valence-corrected chi connectivity index (χ3v) is 4.64. The molecule has 0 radical (unpaired) electrons. The summed E-state index contributed by atoms with van der Waals surface area (Å²) in [4.78, 5) is 4.50. The first kappa shape index (κ1) is 16.6. The standard InChI is InChI=1S/C21H26N2O/c1-14-8-16(3)20(17(4)9-14)22-6-7-23(13-22)21-18(5)10-15(2)11-19(21)12-24/h6-11,24H,12-13H2,1-5H3. The number of rotatable bonds is 3. The Kier molecular flexibility index (Phi) is 4.37. The van der Waals surface area contributed by atoms with Gasteiger partial charge in [0.15, 0.2) is 0 Å². The van der Waals surface area contributed by atoms with Gasteiger partial charge in [0.25, 0.3) is 0 Å². The zero-order valence-corrected chi connectivity index (χ0v) is 15.2.